The molecule has 2 rings (SSSR count). The van der Waals surface area contributed by atoms with E-state index < -0.39 is 10.0 Å². The zero-order chi connectivity index (χ0) is 14.9. The topological polar surface area (TPSA) is 63.1 Å². The summed E-state index contributed by atoms with van der Waals surface area (Å²) in [6, 6.07) is 2.11. The standard InChI is InChI=1S/C14H25N3O2S/c1-10(2)17-9-14(7-13(17)8-15-4)20(18,19)16-12-5-11(3)6-12/h7,9-12,15-16H,5-6,8H2,1-4H3. The largest absolute Gasteiger partial charge is 0.346 e. The lowest BCUT2D eigenvalue weighted by molar-refractivity contribution is 0.270. The van der Waals surface area contributed by atoms with E-state index in [4.69, 9.17) is 0 Å². The Morgan fingerprint density at radius 1 is 1.40 bits per heavy atom. The predicted octanol–water partition coefficient (Wildman–Crippen LogP) is 1.87. The number of hydrogen-bond donors (Lipinski definition) is 2. The summed E-state index contributed by atoms with van der Waals surface area (Å²) < 4.78 is 29.6. The van der Waals surface area contributed by atoms with Gasteiger partial charge in [-0.1, -0.05) is 6.92 Å². The second-order valence-electron chi connectivity index (χ2n) is 6.09. The van der Waals surface area contributed by atoms with Gasteiger partial charge in [-0.05, 0) is 45.7 Å². The highest BCUT2D eigenvalue weighted by Gasteiger charge is 2.30. The Morgan fingerprint density at radius 3 is 2.55 bits per heavy atom. The minimum absolute atomic E-state index is 0.102. The van der Waals surface area contributed by atoms with Gasteiger partial charge in [0.2, 0.25) is 10.0 Å². The van der Waals surface area contributed by atoms with E-state index in [1.807, 2.05) is 11.6 Å². The molecule has 1 fully saturated rings. The fourth-order valence-electron chi connectivity index (χ4n) is 2.73. The van der Waals surface area contributed by atoms with Gasteiger partial charge >= 0.3 is 0 Å². The van der Waals surface area contributed by atoms with Crippen molar-refractivity contribution in [1.29, 1.82) is 0 Å². The number of sulfonamides is 1. The molecule has 0 bridgehead atoms. The van der Waals surface area contributed by atoms with E-state index in [1.165, 1.54) is 0 Å². The molecule has 5 nitrogen and oxygen atoms in total. The highest BCUT2D eigenvalue weighted by molar-refractivity contribution is 7.89. The first kappa shape index (κ1) is 15.5. The van der Waals surface area contributed by atoms with Crippen LogP contribution in [0.1, 0.15) is 45.3 Å². The average Bonchev–Trinajstić information content (AvgIpc) is 2.72. The van der Waals surface area contributed by atoms with Crippen molar-refractivity contribution in [2.24, 2.45) is 5.92 Å². The molecular formula is C14H25N3O2S. The number of nitrogens with zero attached hydrogens (tertiary/aromatic N) is 1. The highest BCUT2D eigenvalue weighted by atomic mass is 32.2. The normalized spacial score (nSPS) is 23.1. The molecule has 0 unspecified atom stereocenters. The summed E-state index contributed by atoms with van der Waals surface area (Å²) in [6.07, 6.45) is 3.61. The first-order chi connectivity index (χ1) is 9.33. The van der Waals surface area contributed by atoms with E-state index in [0.717, 1.165) is 18.5 Å². The molecule has 0 saturated heterocycles. The maximum atomic E-state index is 12.4. The third-order valence-electron chi connectivity index (χ3n) is 3.83. The van der Waals surface area contributed by atoms with Crippen LogP contribution in [-0.2, 0) is 16.6 Å². The molecule has 6 heteroatoms. The van der Waals surface area contributed by atoms with Crippen LogP contribution in [0.25, 0.3) is 0 Å². The van der Waals surface area contributed by atoms with Gasteiger partial charge in [-0.15, -0.1) is 0 Å². The van der Waals surface area contributed by atoms with Gasteiger partial charge in [0.25, 0.3) is 0 Å². The van der Waals surface area contributed by atoms with E-state index in [-0.39, 0.29) is 12.1 Å². The molecule has 114 valence electrons. The molecule has 1 saturated carbocycles. The molecule has 0 amide bonds. The summed E-state index contributed by atoms with van der Waals surface area (Å²) in [4.78, 5) is 0.371. The van der Waals surface area contributed by atoms with Crippen LogP contribution in [0.2, 0.25) is 0 Å². The van der Waals surface area contributed by atoms with Crippen molar-refractivity contribution in [2.45, 2.75) is 57.1 Å². The first-order valence-electron chi connectivity index (χ1n) is 7.21. The van der Waals surface area contributed by atoms with Crippen LogP contribution in [0.4, 0.5) is 0 Å². The SMILES string of the molecule is CNCc1cc(S(=O)(=O)NC2CC(C)C2)cn1C(C)C. The van der Waals surface area contributed by atoms with Crippen molar-refractivity contribution >= 4 is 10.0 Å². The van der Waals surface area contributed by atoms with Gasteiger partial charge in [0.05, 0.1) is 4.90 Å². The van der Waals surface area contributed by atoms with Crippen LogP contribution in [0.3, 0.4) is 0 Å². The van der Waals surface area contributed by atoms with E-state index in [1.54, 1.807) is 12.3 Å². The number of nitrogens with one attached hydrogen (secondary N) is 2. The Morgan fingerprint density at radius 2 is 2.05 bits per heavy atom. The summed E-state index contributed by atoms with van der Waals surface area (Å²) in [5, 5.41) is 3.08. The van der Waals surface area contributed by atoms with Crippen molar-refractivity contribution in [3.05, 3.63) is 18.0 Å². The molecule has 0 atom stereocenters. The van der Waals surface area contributed by atoms with Crippen molar-refractivity contribution < 1.29 is 8.42 Å². The second-order valence-corrected chi connectivity index (χ2v) is 7.81. The fraction of sp³-hybridized carbons (Fsp3) is 0.714. The molecule has 1 aromatic heterocycles. The van der Waals surface area contributed by atoms with E-state index in [2.05, 4.69) is 30.8 Å². The third-order valence-corrected chi connectivity index (χ3v) is 5.31. The van der Waals surface area contributed by atoms with Gasteiger partial charge in [-0.3, -0.25) is 0 Å². The molecule has 20 heavy (non-hydrogen) atoms. The van der Waals surface area contributed by atoms with Gasteiger partial charge in [0.1, 0.15) is 0 Å². The van der Waals surface area contributed by atoms with Crippen LogP contribution in [0, 0.1) is 5.92 Å². The van der Waals surface area contributed by atoms with Gasteiger partial charge in [0, 0.05) is 30.5 Å². The van der Waals surface area contributed by atoms with E-state index in [9.17, 15) is 8.42 Å². The molecule has 1 aliphatic carbocycles. The summed E-state index contributed by atoms with van der Waals surface area (Å²) in [7, 11) is -1.53. The van der Waals surface area contributed by atoms with Crippen LogP contribution in [0.15, 0.2) is 17.2 Å². The van der Waals surface area contributed by atoms with Crippen molar-refractivity contribution in [1.82, 2.24) is 14.6 Å². The zero-order valence-corrected chi connectivity index (χ0v) is 13.5. The first-order valence-corrected chi connectivity index (χ1v) is 8.69. The Hall–Kier alpha value is -0.850. The molecule has 0 aliphatic heterocycles. The lowest BCUT2D eigenvalue weighted by atomic mass is 9.83. The third kappa shape index (κ3) is 3.24. The van der Waals surface area contributed by atoms with Gasteiger partial charge in [-0.25, -0.2) is 13.1 Å². The molecule has 0 radical (unpaired) electrons. The van der Waals surface area contributed by atoms with Crippen LogP contribution in [0.5, 0.6) is 0 Å². The predicted molar refractivity (Wildman–Crippen MR) is 80.1 cm³/mol. The number of hydrogen-bond acceptors (Lipinski definition) is 3. The lowest BCUT2D eigenvalue weighted by Crippen LogP contribution is -2.43. The van der Waals surface area contributed by atoms with E-state index in [0.29, 0.717) is 17.4 Å². The molecule has 0 aromatic carbocycles. The summed E-state index contributed by atoms with van der Waals surface area (Å²) in [5.41, 5.74) is 0.991. The highest BCUT2D eigenvalue weighted by Crippen LogP contribution is 2.28. The minimum Gasteiger partial charge on any atom is -0.346 e. The second kappa shape index (κ2) is 5.87. The monoisotopic (exact) mass is 299 g/mol. The minimum atomic E-state index is -3.40. The zero-order valence-electron chi connectivity index (χ0n) is 12.7. The summed E-state index contributed by atoms with van der Waals surface area (Å²) >= 11 is 0. The Kier molecular flexibility index (Phi) is 4.56. The Balaban J connectivity index is 2.20. The van der Waals surface area contributed by atoms with Crippen molar-refractivity contribution in [2.75, 3.05) is 7.05 Å². The summed E-state index contributed by atoms with van der Waals surface area (Å²) in [6.45, 7) is 6.91. The van der Waals surface area contributed by atoms with Gasteiger partial charge < -0.3 is 9.88 Å². The maximum Gasteiger partial charge on any atom is 0.242 e. The average molecular weight is 299 g/mol. The van der Waals surface area contributed by atoms with Gasteiger partial charge in [0.15, 0.2) is 0 Å². The maximum absolute atomic E-state index is 12.4. The summed E-state index contributed by atoms with van der Waals surface area (Å²) in [5.74, 6) is 0.628. The Labute approximate surface area is 121 Å². The molecule has 0 spiro atoms. The van der Waals surface area contributed by atoms with E-state index >= 15 is 0 Å². The van der Waals surface area contributed by atoms with Crippen molar-refractivity contribution in [3.63, 3.8) is 0 Å². The molecular weight excluding hydrogens is 274 g/mol. The number of rotatable bonds is 6. The molecule has 1 aliphatic rings. The quantitative estimate of drug-likeness (QED) is 0.843. The molecule has 1 aromatic rings. The number of aromatic nitrogens is 1. The lowest BCUT2D eigenvalue weighted by Gasteiger charge is -2.32. The molecule has 1 heterocycles. The smallest absolute Gasteiger partial charge is 0.242 e. The van der Waals surface area contributed by atoms with Crippen LogP contribution >= 0.6 is 0 Å². The van der Waals surface area contributed by atoms with Crippen LogP contribution in [-0.4, -0.2) is 26.1 Å². The van der Waals surface area contributed by atoms with Gasteiger partial charge in [-0.2, -0.15) is 0 Å². The van der Waals surface area contributed by atoms with Crippen molar-refractivity contribution in [3.8, 4) is 0 Å². The molecule has 2 N–H and O–H groups in total. The van der Waals surface area contributed by atoms with Crippen LogP contribution < -0.4 is 10.0 Å². The fourth-order valence-corrected chi connectivity index (χ4v) is 4.04. The Bertz CT molecular complexity index is 557.